The number of carbonyl (C=O) groups excluding carboxylic acids is 1. The van der Waals surface area contributed by atoms with Crippen LogP contribution in [0.5, 0.6) is 5.75 Å². The normalized spacial score (nSPS) is 10.1. The third-order valence-corrected chi connectivity index (χ3v) is 3.34. The fourth-order valence-electron chi connectivity index (χ4n) is 1.55. The lowest BCUT2D eigenvalue weighted by Crippen LogP contribution is -2.13. The summed E-state index contributed by atoms with van der Waals surface area (Å²) in [5.74, 6) is -1.17. The molecule has 2 rings (SSSR count). The molecule has 1 heterocycles. The standard InChI is InChI=1S/C13H11NO4S/c15-9-3-1-2-8(6-9)7-11(16)14-12-5-4-10(19-12)13(17)18/h1-6,15H,7H2,(H,14,16)(H,17,18). The molecule has 0 unspecified atom stereocenters. The lowest BCUT2D eigenvalue weighted by Gasteiger charge is -2.03. The lowest BCUT2D eigenvalue weighted by molar-refractivity contribution is -0.115. The average molecular weight is 277 g/mol. The summed E-state index contributed by atoms with van der Waals surface area (Å²) in [6.45, 7) is 0. The minimum atomic E-state index is -1.02. The van der Waals surface area contributed by atoms with Crippen molar-refractivity contribution < 1.29 is 19.8 Å². The maximum atomic E-state index is 11.7. The number of amides is 1. The predicted octanol–water partition coefficient (Wildman–Crippen LogP) is 2.33. The van der Waals surface area contributed by atoms with E-state index < -0.39 is 5.97 Å². The number of nitrogens with one attached hydrogen (secondary N) is 1. The lowest BCUT2D eigenvalue weighted by atomic mass is 10.1. The highest BCUT2D eigenvalue weighted by molar-refractivity contribution is 7.18. The number of hydrogen-bond donors (Lipinski definition) is 3. The molecule has 2 aromatic rings. The number of benzene rings is 1. The van der Waals surface area contributed by atoms with Gasteiger partial charge in [-0.1, -0.05) is 12.1 Å². The Morgan fingerprint density at radius 1 is 1.21 bits per heavy atom. The molecule has 0 aliphatic heterocycles. The number of aromatic carboxylic acids is 1. The van der Waals surface area contributed by atoms with Gasteiger partial charge in [0.05, 0.1) is 11.4 Å². The van der Waals surface area contributed by atoms with Gasteiger partial charge in [-0.2, -0.15) is 0 Å². The van der Waals surface area contributed by atoms with E-state index in [0.717, 1.165) is 11.3 Å². The van der Waals surface area contributed by atoms with E-state index in [1.54, 1.807) is 18.2 Å². The Kier molecular flexibility index (Phi) is 3.82. The van der Waals surface area contributed by atoms with Crippen molar-refractivity contribution in [2.45, 2.75) is 6.42 Å². The molecule has 0 aliphatic rings. The van der Waals surface area contributed by atoms with Gasteiger partial charge < -0.3 is 15.5 Å². The topological polar surface area (TPSA) is 86.6 Å². The highest BCUT2D eigenvalue weighted by Gasteiger charge is 2.10. The van der Waals surface area contributed by atoms with Crippen LogP contribution >= 0.6 is 11.3 Å². The predicted molar refractivity (Wildman–Crippen MR) is 71.7 cm³/mol. The number of phenolic OH excluding ortho intramolecular Hbond substituents is 1. The Labute approximate surface area is 113 Å². The Balaban J connectivity index is 1.99. The molecule has 0 aliphatic carbocycles. The van der Waals surface area contributed by atoms with Crippen LogP contribution in [-0.2, 0) is 11.2 Å². The van der Waals surface area contributed by atoms with Crippen molar-refractivity contribution in [2.24, 2.45) is 0 Å². The molecule has 0 saturated heterocycles. The summed E-state index contributed by atoms with van der Waals surface area (Å²) in [6, 6.07) is 9.42. The summed E-state index contributed by atoms with van der Waals surface area (Å²) in [5.41, 5.74) is 0.688. The van der Waals surface area contributed by atoms with Crippen LogP contribution in [0, 0.1) is 0 Å². The second-order valence-corrected chi connectivity index (χ2v) is 4.95. The van der Waals surface area contributed by atoms with Crippen LogP contribution in [0.4, 0.5) is 5.00 Å². The smallest absolute Gasteiger partial charge is 0.345 e. The Hall–Kier alpha value is -2.34. The summed E-state index contributed by atoms with van der Waals surface area (Å²) >= 11 is 1.00. The van der Waals surface area contributed by atoms with E-state index >= 15 is 0 Å². The summed E-state index contributed by atoms with van der Waals surface area (Å²) in [6.07, 6.45) is 0.120. The van der Waals surface area contributed by atoms with E-state index in [-0.39, 0.29) is 23.0 Å². The van der Waals surface area contributed by atoms with E-state index in [2.05, 4.69) is 5.32 Å². The van der Waals surface area contributed by atoms with Crippen LogP contribution in [0.25, 0.3) is 0 Å². The van der Waals surface area contributed by atoms with Crippen LogP contribution in [0.2, 0.25) is 0 Å². The quantitative estimate of drug-likeness (QED) is 0.800. The second-order valence-electron chi connectivity index (χ2n) is 3.86. The third kappa shape index (κ3) is 3.56. The number of anilines is 1. The second kappa shape index (κ2) is 5.53. The van der Waals surface area contributed by atoms with Gasteiger partial charge in [-0.15, -0.1) is 11.3 Å². The first kappa shape index (κ1) is 13.1. The summed E-state index contributed by atoms with van der Waals surface area (Å²) in [7, 11) is 0. The number of hydrogen-bond acceptors (Lipinski definition) is 4. The molecule has 1 aromatic carbocycles. The minimum absolute atomic E-state index is 0.106. The van der Waals surface area contributed by atoms with Crippen molar-refractivity contribution in [1.82, 2.24) is 0 Å². The number of carboxylic acids is 1. The van der Waals surface area contributed by atoms with Crippen molar-refractivity contribution in [2.75, 3.05) is 5.32 Å². The van der Waals surface area contributed by atoms with Gasteiger partial charge >= 0.3 is 5.97 Å². The van der Waals surface area contributed by atoms with Crippen molar-refractivity contribution in [3.8, 4) is 5.75 Å². The Bertz CT molecular complexity index is 621. The maximum Gasteiger partial charge on any atom is 0.345 e. The molecule has 0 spiro atoms. The fraction of sp³-hybridized carbons (Fsp3) is 0.0769. The van der Waals surface area contributed by atoms with Gasteiger partial charge in [-0.25, -0.2) is 4.79 Å². The number of thiophene rings is 1. The molecular weight excluding hydrogens is 266 g/mol. The monoisotopic (exact) mass is 277 g/mol. The fourth-order valence-corrected chi connectivity index (χ4v) is 2.31. The van der Waals surface area contributed by atoms with Crippen LogP contribution in [0.15, 0.2) is 36.4 Å². The van der Waals surface area contributed by atoms with Crippen molar-refractivity contribution in [3.05, 3.63) is 46.8 Å². The number of aromatic hydroxyl groups is 1. The van der Waals surface area contributed by atoms with Gasteiger partial charge in [0.15, 0.2) is 0 Å². The molecular formula is C13H11NO4S. The molecule has 0 saturated carbocycles. The average Bonchev–Trinajstić information content (AvgIpc) is 2.77. The number of carbonyl (C=O) groups is 2. The van der Waals surface area contributed by atoms with Gasteiger partial charge in [0.1, 0.15) is 10.6 Å². The SMILES string of the molecule is O=C(Cc1cccc(O)c1)Nc1ccc(C(=O)O)s1. The minimum Gasteiger partial charge on any atom is -0.508 e. The summed E-state index contributed by atoms with van der Waals surface area (Å²) in [5, 5.41) is 21.2. The van der Waals surface area contributed by atoms with Crippen molar-refractivity contribution in [1.29, 1.82) is 0 Å². The van der Waals surface area contributed by atoms with Crippen molar-refractivity contribution in [3.63, 3.8) is 0 Å². The highest BCUT2D eigenvalue weighted by atomic mass is 32.1. The largest absolute Gasteiger partial charge is 0.508 e. The molecule has 0 atom stereocenters. The van der Waals surface area contributed by atoms with E-state index in [1.807, 2.05) is 0 Å². The molecule has 5 nitrogen and oxygen atoms in total. The number of carboxylic acid groups (broad SMARTS) is 1. The van der Waals surface area contributed by atoms with E-state index in [1.165, 1.54) is 18.2 Å². The molecule has 1 aromatic heterocycles. The van der Waals surface area contributed by atoms with Crippen LogP contribution in [0.3, 0.4) is 0 Å². The molecule has 0 fully saturated rings. The zero-order valence-electron chi connectivity index (χ0n) is 9.79. The first-order valence-electron chi connectivity index (χ1n) is 5.45. The number of rotatable bonds is 4. The zero-order valence-corrected chi connectivity index (χ0v) is 10.6. The molecule has 0 radical (unpaired) electrons. The van der Waals surface area contributed by atoms with Gasteiger partial charge in [-0.3, -0.25) is 4.79 Å². The van der Waals surface area contributed by atoms with Gasteiger partial charge in [0.2, 0.25) is 5.91 Å². The third-order valence-electron chi connectivity index (χ3n) is 2.35. The molecule has 19 heavy (non-hydrogen) atoms. The highest BCUT2D eigenvalue weighted by Crippen LogP contribution is 2.22. The Morgan fingerprint density at radius 3 is 2.63 bits per heavy atom. The van der Waals surface area contributed by atoms with Gasteiger partial charge in [0.25, 0.3) is 0 Å². The molecule has 3 N–H and O–H groups in total. The zero-order chi connectivity index (χ0) is 13.8. The van der Waals surface area contributed by atoms with Crippen molar-refractivity contribution >= 4 is 28.2 Å². The van der Waals surface area contributed by atoms with Crippen LogP contribution in [0.1, 0.15) is 15.2 Å². The van der Waals surface area contributed by atoms with Crippen LogP contribution in [-0.4, -0.2) is 22.1 Å². The van der Waals surface area contributed by atoms with Crippen LogP contribution < -0.4 is 5.32 Å². The van der Waals surface area contributed by atoms with E-state index in [4.69, 9.17) is 5.11 Å². The first-order chi connectivity index (χ1) is 9.04. The Morgan fingerprint density at radius 2 is 2.00 bits per heavy atom. The molecule has 98 valence electrons. The maximum absolute atomic E-state index is 11.7. The molecule has 1 amide bonds. The number of phenols is 1. The van der Waals surface area contributed by atoms with Gasteiger partial charge in [0, 0.05) is 0 Å². The van der Waals surface area contributed by atoms with Gasteiger partial charge in [-0.05, 0) is 29.8 Å². The molecule has 0 bridgehead atoms. The van der Waals surface area contributed by atoms with E-state index in [0.29, 0.717) is 10.6 Å². The molecule has 6 heteroatoms. The summed E-state index contributed by atoms with van der Waals surface area (Å²) in [4.78, 5) is 22.6. The summed E-state index contributed by atoms with van der Waals surface area (Å²) < 4.78 is 0. The first-order valence-corrected chi connectivity index (χ1v) is 6.27. The van der Waals surface area contributed by atoms with E-state index in [9.17, 15) is 14.7 Å².